The van der Waals surface area contributed by atoms with Crippen LogP contribution in [0.1, 0.15) is 47.6 Å². The minimum absolute atomic E-state index is 0.127. The Labute approximate surface area is 236 Å². The summed E-state index contributed by atoms with van der Waals surface area (Å²) in [5.74, 6) is -4.05. The number of pyridine rings is 1. The normalized spacial score (nSPS) is 18.1. The summed E-state index contributed by atoms with van der Waals surface area (Å²) in [5.41, 5.74) is 3.67. The Kier molecular flexibility index (Phi) is 7.83. The minimum Gasteiger partial charge on any atom is -0.618 e. The summed E-state index contributed by atoms with van der Waals surface area (Å²) in [7, 11) is 2.01. The summed E-state index contributed by atoms with van der Waals surface area (Å²) in [6, 6.07) is 11.0. The average Bonchev–Trinajstić information content (AvgIpc) is 3.34. The van der Waals surface area contributed by atoms with Gasteiger partial charge in [-0.05, 0) is 55.6 Å². The molecule has 1 fully saturated rings. The number of fused-ring (bicyclic) bond motifs is 1. The first-order chi connectivity index (χ1) is 19.0. The molecule has 11 heteroatoms. The highest BCUT2D eigenvalue weighted by molar-refractivity contribution is 6.33. The molecule has 2 N–H and O–H groups in total. The van der Waals surface area contributed by atoms with Gasteiger partial charge < -0.3 is 20.4 Å². The Morgan fingerprint density at radius 2 is 1.80 bits per heavy atom. The van der Waals surface area contributed by atoms with Crippen molar-refractivity contribution in [1.29, 1.82) is 0 Å². The van der Waals surface area contributed by atoms with Gasteiger partial charge in [-0.15, -0.1) is 0 Å². The molecule has 3 heterocycles. The number of nitrogens with one attached hydrogen (secondary N) is 2. The number of nitrogens with zero attached hydrogens (tertiary/aromatic N) is 3. The Morgan fingerprint density at radius 1 is 1.10 bits per heavy atom. The zero-order chi connectivity index (χ0) is 28.6. The van der Waals surface area contributed by atoms with Crippen molar-refractivity contribution < 1.29 is 23.1 Å². The molecular formula is C29H32ClF2N5O3. The van der Waals surface area contributed by atoms with E-state index in [-0.39, 0.29) is 25.7 Å². The molecule has 5 rings (SSSR count). The molecule has 2 aromatic heterocycles. The molecule has 0 spiro atoms. The predicted molar refractivity (Wildman–Crippen MR) is 148 cm³/mol. The van der Waals surface area contributed by atoms with E-state index in [0.29, 0.717) is 46.3 Å². The molecule has 1 saturated carbocycles. The largest absolute Gasteiger partial charge is 0.618 e. The molecule has 212 valence electrons. The summed E-state index contributed by atoms with van der Waals surface area (Å²) >= 11 is 6.33. The maximum Gasteiger partial charge on any atom is 0.268 e. The Morgan fingerprint density at radius 3 is 2.50 bits per heavy atom. The number of carbonyl (C=O) groups is 2. The molecule has 0 saturated heterocycles. The first-order valence-corrected chi connectivity index (χ1v) is 13.8. The van der Waals surface area contributed by atoms with Crippen LogP contribution in [-0.2, 0) is 17.9 Å². The Hall–Kier alpha value is -3.50. The molecule has 3 aromatic rings. The molecule has 1 aliphatic carbocycles. The van der Waals surface area contributed by atoms with E-state index in [0.717, 1.165) is 17.0 Å². The van der Waals surface area contributed by atoms with Crippen molar-refractivity contribution in [1.82, 2.24) is 14.8 Å². The van der Waals surface area contributed by atoms with E-state index in [4.69, 9.17) is 11.6 Å². The van der Waals surface area contributed by atoms with Crippen LogP contribution in [0.15, 0.2) is 48.7 Å². The average molecular weight is 572 g/mol. The van der Waals surface area contributed by atoms with Crippen LogP contribution >= 0.6 is 11.6 Å². The van der Waals surface area contributed by atoms with Crippen LogP contribution in [0.2, 0.25) is 5.02 Å². The quantitative estimate of drug-likeness (QED) is 0.330. The third-order valence-electron chi connectivity index (χ3n) is 7.97. The van der Waals surface area contributed by atoms with Crippen LogP contribution in [0.3, 0.4) is 0 Å². The van der Waals surface area contributed by atoms with E-state index in [1.165, 1.54) is 12.3 Å². The summed E-state index contributed by atoms with van der Waals surface area (Å²) in [6.07, 6.45) is 0.948. The zero-order valence-electron chi connectivity index (χ0n) is 22.4. The number of anilines is 1. The molecule has 0 unspecified atom stereocenters. The zero-order valence-corrected chi connectivity index (χ0v) is 23.2. The van der Waals surface area contributed by atoms with Gasteiger partial charge in [-0.2, -0.15) is 4.73 Å². The highest BCUT2D eigenvalue weighted by Gasteiger charge is 2.40. The van der Waals surface area contributed by atoms with Crippen molar-refractivity contribution in [3.8, 4) is 11.1 Å². The van der Waals surface area contributed by atoms with Crippen LogP contribution < -0.4 is 15.4 Å². The number of amides is 2. The lowest BCUT2D eigenvalue weighted by Gasteiger charge is -2.33. The van der Waals surface area contributed by atoms with Gasteiger partial charge in [0, 0.05) is 56.8 Å². The van der Waals surface area contributed by atoms with E-state index in [1.54, 1.807) is 37.3 Å². The van der Waals surface area contributed by atoms with Crippen molar-refractivity contribution in [2.45, 2.75) is 57.7 Å². The monoisotopic (exact) mass is 571 g/mol. The van der Waals surface area contributed by atoms with Gasteiger partial charge in [0.05, 0.1) is 10.6 Å². The van der Waals surface area contributed by atoms with Gasteiger partial charge in [-0.3, -0.25) is 14.5 Å². The second kappa shape index (κ2) is 11.2. The van der Waals surface area contributed by atoms with Gasteiger partial charge >= 0.3 is 0 Å². The molecule has 8 nitrogen and oxygen atoms in total. The fourth-order valence-corrected chi connectivity index (χ4v) is 5.95. The van der Waals surface area contributed by atoms with Crippen molar-refractivity contribution >= 4 is 29.1 Å². The second-order valence-corrected chi connectivity index (χ2v) is 11.2. The molecule has 1 aliphatic heterocycles. The smallest absolute Gasteiger partial charge is 0.268 e. The molecule has 1 aromatic carbocycles. The van der Waals surface area contributed by atoms with Crippen LogP contribution in [0.5, 0.6) is 0 Å². The number of rotatable bonds is 6. The number of halogens is 3. The summed E-state index contributed by atoms with van der Waals surface area (Å²) < 4.78 is 30.5. The number of carbonyl (C=O) groups excluding carboxylic acids is 2. The number of benzene rings is 1. The Bertz CT molecular complexity index is 1420. The number of hydrogen-bond donors (Lipinski definition) is 2. The Balaban J connectivity index is 1.35. The molecule has 2 aliphatic rings. The maximum absolute atomic E-state index is 13.9. The first kappa shape index (κ1) is 28.0. The van der Waals surface area contributed by atoms with Gasteiger partial charge in [0.25, 0.3) is 5.91 Å². The van der Waals surface area contributed by atoms with E-state index in [9.17, 15) is 23.6 Å². The lowest BCUT2D eigenvalue weighted by atomic mass is 9.81. The molecule has 40 heavy (non-hydrogen) atoms. The molecule has 2 amide bonds. The number of likely N-dealkylation sites (N-methyl/N-ethyl adjacent to an activating group) is 1. The fraction of sp³-hybridized carbons (Fsp3) is 0.414. The molecule has 0 radical (unpaired) electrons. The summed E-state index contributed by atoms with van der Waals surface area (Å²) in [6.45, 7) is 3.83. The minimum atomic E-state index is -2.76. The van der Waals surface area contributed by atoms with Crippen molar-refractivity contribution in [3.63, 3.8) is 0 Å². The number of alkyl halides is 2. The van der Waals surface area contributed by atoms with E-state index in [2.05, 4.69) is 15.5 Å². The standard InChI is InChI=1S/C29H32ClF2N5O3/c1-18-25(23(30)11-14-37(18)40)19-3-5-21(6-4-19)33-28(39)26(20-9-12-29(31,32)13-10-20)34-27(38)24-8-7-22-17-35(2)15-16-36(22)24/h3-8,11,14,20,26H,9-10,12-13,15-17H2,1-2H3,(H,33,39)(H,34,38)/t26-/m0/s1. The van der Waals surface area contributed by atoms with Crippen LogP contribution in [0, 0.1) is 18.0 Å². The van der Waals surface area contributed by atoms with Crippen molar-refractivity contribution in [2.75, 3.05) is 18.9 Å². The topological polar surface area (TPSA) is 93.3 Å². The van der Waals surface area contributed by atoms with E-state index >= 15 is 0 Å². The maximum atomic E-state index is 13.9. The molecule has 1 atom stereocenters. The van der Waals surface area contributed by atoms with Crippen LogP contribution in [0.25, 0.3) is 11.1 Å². The predicted octanol–water partition coefficient (Wildman–Crippen LogP) is 4.76. The van der Waals surface area contributed by atoms with Crippen LogP contribution in [0.4, 0.5) is 14.5 Å². The number of hydrogen-bond acceptors (Lipinski definition) is 4. The number of aromatic nitrogens is 2. The van der Waals surface area contributed by atoms with E-state index < -0.39 is 29.7 Å². The molecule has 0 bridgehead atoms. The summed E-state index contributed by atoms with van der Waals surface area (Å²) in [5, 5.41) is 18.2. The van der Waals surface area contributed by atoms with Gasteiger partial charge in [-0.1, -0.05) is 23.7 Å². The lowest BCUT2D eigenvalue weighted by molar-refractivity contribution is -0.611. The van der Waals surface area contributed by atoms with Gasteiger partial charge in [0.2, 0.25) is 11.8 Å². The first-order valence-electron chi connectivity index (χ1n) is 13.4. The van der Waals surface area contributed by atoms with Gasteiger partial charge in [-0.25, -0.2) is 8.78 Å². The van der Waals surface area contributed by atoms with Crippen molar-refractivity contribution in [3.05, 3.63) is 76.0 Å². The second-order valence-electron chi connectivity index (χ2n) is 10.8. The fourth-order valence-electron chi connectivity index (χ4n) is 5.64. The highest BCUT2D eigenvalue weighted by Crippen LogP contribution is 2.38. The van der Waals surface area contributed by atoms with Gasteiger partial charge in [0.1, 0.15) is 11.7 Å². The third-order valence-corrected chi connectivity index (χ3v) is 8.29. The summed E-state index contributed by atoms with van der Waals surface area (Å²) in [4.78, 5) is 29.1. The highest BCUT2D eigenvalue weighted by atomic mass is 35.5. The van der Waals surface area contributed by atoms with Gasteiger partial charge in [0.15, 0.2) is 11.9 Å². The SMILES string of the molecule is Cc1c(-c2ccc(NC(=O)[C@@H](NC(=O)c3ccc4n3CCN(C)C4)C3CCC(F)(F)CC3)cc2)c(Cl)cc[n+]1[O-]. The van der Waals surface area contributed by atoms with Crippen molar-refractivity contribution in [2.24, 2.45) is 5.92 Å². The van der Waals surface area contributed by atoms with E-state index in [1.807, 2.05) is 17.7 Å². The molecular weight excluding hydrogens is 540 g/mol. The third kappa shape index (κ3) is 5.83. The van der Waals surface area contributed by atoms with Crippen LogP contribution in [-0.4, -0.2) is 46.8 Å². The lowest BCUT2D eigenvalue weighted by Crippen LogP contribution is -2.50.